The summed E-state index contributed by atoms with van der Waals surface area (Å²) in [6.45, 7) is 4.89. The van der Waals surface area contributed by atoms with Crippen molar-refractivity contribution in [1.29, 1.82) is 0 Å². The number of benzene rings is 1. The number of hydrogen-bond donors (Lipinski definition) is 2. The number of methoxy groups -OCH3 is 1. The molecule has 3 N–H and O–H groups in total. The molecular weight excluding hydrogens is 256 g/mol. The zero-order valence-electron chi connectivity index (χ0n) is 12.4. The van der Waals surface area contributed by atoms with Crippen LogP contribution in [0.1, 0.15) is 18.1 Å². The number of amides is 1. The molecule has 0 aliphatic heterocycles. The Kier molecular flexibility index (Phi) is 7.04. The van der Waals surface area contributed by atoms with Gasteiger partial charge in [0.05, 0.1) is 6.61 Å². The molecular formula is C15H24N2O3. The van der Waals surface area contributed by atoms with E-state index < -0.39 is 0 Å². The van der Waals surface area contributed by atoms with Crippen LogP contribution < -0.4 is 15.8 Å². The minimum Gasteiger partial charge on any atom is -0.483 e. The van der Waals surface area contributed by atoms with Crippen LogP contribution in [0.5, 0.6) is 5.75 Å². The first-order valence-corrected chi connectivity index (χ1v) is 6.77. The molecule has 0 saturated carbocycles. The van der Waals surface area contributed by atoms with Crippen molar-refractivity contribution in [3.05, 3.63) is 29.3 Å². The number of para-hydroxylation sites is 1. The van der Waals surface area contributed by atoms with Gasteiger partial charge in [-0.3, -0.25) is 4.79 Å². The molecule has 112 valence electrons. The van der Waals surface area contributed by atoms with E-state index in [9.17, 15) is 4.79 Å². The first kappa shape index (κ1) is 16.5. The van der Waals surface area contributed by atoms with E-state index in [1.165, 1.54) is 0 Å². The smallest absolute Gasteiger partial charge is 0.258 e. The highest BCUT2D eigenvalue weighted by molar-refractivity contribution is 5.77. The summed E-state index contributed by atoms with van der Waals surface area (Å²) in [5.74, 6) is 0.601. The molecule has 1 amide bonds. The van der Waals surface area contributed by atoms with Crippen LogP contribution in [0.15, 0.2) is 18.2 Å². The van der Waals surface area contributed by atoms with Crippen molar-refractivity contribution in [2.24, 2.45) is 5.73 Å². The van der Waals surface area contributed by atoms with Crippen LogP contribution in [0, 0.1) is 6.92 Å². The van der Waals surface area contributed by atoms with E-state index in [0.29, 0.717) is 13.2 Å². The minimum absolute atomic E-state index is 0.000516. The summed E-state index contributed by atoms with van der Waals surface area (Å²) < 4.78 is 10.5. The number of rotatable bonds is 8. The van der Waals surface area contributed by atoms with Crippen LogP contribution in [0.3, 0.4) is 0 Å². The van der Waals surface area contributed by atoms with Crippen LogP contribution in [0.25, 0.3) is 0 Å². The Labute approximate surface area is 120 Å². The van der Waals surface area contributed by atoms with Crippen LogP contribution in [0.4, 0.5) is 0 Å². The van der Waals surface area contributed by atoms with Crippen molar-refractivity contribution in [1.82, 2.24) is 5.32 Å². The maximum Gasteiger partial charge on any atom is 0.258 e. The first-order chi connectivity index (χ1) is 9.54. The molecule has 0 spiro atoms. The molecule has 0 heterocycles. The van der Waals surface area contributed by atoms with E-state index in [1.54, 1.807) is 7.11 Å². The van der Waals surface area contributed by atoms with Crippen LogP contribution in [-0.4, -0.2) is 38.8 Å². The number of carbonyl (C=O) groups is 1. The van der Waals surface area contributed by atoms with E-state index >= 15 is 0 Å². The SMILES string of the molecule is COCCNC(=O)COc1c(C)cccc1CC(C)N. The lowest BCUT2D eigenvalue weighted by atomic mass is 10.0. The monoisotopic (exact) mass is 280 g/mol. The van der Waals surface area contributed by atoms with Crippen molar-refractivity contribution in [2.45, 2.75) is 26.3 Å². The van der Waals surface area contributed by atoms with Crippen LogP contribution in [0.2, 0.25) is 0 Å². The molecule has 0 aliphatic carbocycles. The second-order valence-corrected chi connectivity index (χ2v) is 4.88. The molecule has 0 fully saturated rings. The fourth-order valence-electron chi connectivity index (χ4n) is 1.91. The highest BCUT2D eigenvalue weighted by Gasteiger charge is 2.10. The Bertz CT molecular complexity index is 433. The number of hydrogen-bond acceptors (Lipinski definition) is 4. The van der Waals surface area contributed by atoms with Gasteiger partial charge in [0.1, 0.15) is 5.75 Å². The predicted octanol–water partition coefficient (Wildman–Crippen LogP) is 1.03. The predicted molar refractivity (Wildman–Crippen MR) is 78.9 cm³/mol. The zero-order valence-corrected chi connectivity index (χ0v) is 12.4. The van der Waals surface area contributed by atoms with E-state index in [4.69, 9.17) is 15.2 Å². The number of ether oxygens (including phenoxy) is 2. The average Bonchev–Trinajstić information content (AvgIpc) is 2.37. The second-order valence-electron chi connectivity index (χ2n) is 4.88. The van der Waals surface area contributed by atoms with E-state index in [0.717, 1.165) is 23.3 Å². The van der Waals surface area contributed by atoms with Gasteiger partial charge < -0.3 is 20.5 Å². The fourth-order valence-corrected chi connectivity index (χ4v) is 1.91. The van der Waals surface area contributed by atoms with Gasteiger partial charge in [0.25, 0.3) is 5.91 Å². The van der Waals surface area contributed by atoms with Gasteiger partial charge in [0.15, 0.2) is 6.61 Å². The largest absolute Gasteiger partial charge is 0.483 e. The molecule has 0 saturated heterocycles. The topological polar surface area (TPSA) is 73.6 Å². The summed E-state index contributed by atoms with van der Waals surface area (Å²) in [5.41, 5.74) is 7.87. The number of nitrogens with one attached hydrogen (secondary N) is 1. The van der Waals surface area contributed by atoms with Gasteiger partial charge in [0.2, 0.25) is 0 Å². The standard InChI is InChI=1S/C15H24N2O3/c1-11-5-4-6-13(9-12(2)16)15(11)20-10-14(18)17-7-8-19-3/h4-6,12H,7-10,16H2,1-3H3,(H,17,18). The van der Waals surface area contributed by atoms with Crippen molar-refractivity contribution < 1.29 is 14.3 Å². The Hall–Kier alpha value is -1.59. The Morgan fingerprint density at radius 3 is 2.85 bits per heavy atom. The summed E-state index contributed by atoms with van der Waals surface area (Å²) in [6, 6.07) is 5.96. The summed E-state index contributed by atoms with van der Waals surface area (Å²) in [5, 5.41) is 2.72. The normalized spacial score (nSPS) is 12.0. The maximum atomic E-state index is 11.6. The zero-order chi connectivity index (χ0) is 15.0. The average molecular weight is 280 g/mol. The number of aryl methyl sites for hydroxylation is 1. The molecule has 1 aromatic rings. The highest BCUT2D eigenvalue weighted by Crippen LogP contribution is 2.24. The van der Waals surface area contributed by atoms with Crippen molar-refractivity contribution >= 4 is 5.91 Å². The Balaban J connectivity index is 2.60. The van der Waals surface area contributed by atoms with Gasteiger partial charge in [-0.1, -0.05) is 18.2 Å². The summed E-state index contributed by atoms with van der Waals surface area (Å²) >= 11 is 0. The third-order valence-electron chi connectivity index (χ3n) is 2.81. The second kappa shape index (κ2) is 8.55. The molecule has 1 aromatic carbocycles. The summed E-state index contributed by atoms with van der Waals surface area (Å²) in [4.78, 5) is 11.6. The van der Waals surface area contributed by atoms with Gasteiger partial charge >= 0.3 is 0 Å². The Morgan fingerprint density at radius 1 is 1.45 bits per heavy atom. The number of carbonyl (C=O) groups excluding carboxylic acids is 1. The molecule has 1 atom stereocenters. The van der Waals surface area contributed by atoms with E-state index in [1.807, 2.05) is 32.0 Å². The van der Waals surface area contributed by atoms with Crippen molar-refractivity contribution in [2.75, 3.05) is 26.9 Å². The van der Waals surface area contributed by atoms with Gasteiger partial charge in [-0.25, -0.2) is 0 Å². The van der Waals surface area contributed by atoms with Gasteiger partial charge in [-0.2, -0.15) is 0 Å². The lowest BCUT2D eigenvalue weighted by Gasteiger charge is -2.15. The van der Waals surface area contributed by atoms with Crippen molar-refractivity contribution in [3.63, 3.8) is 0 Å². The maximum absolute atomic E-state index is 11.6. The van der Waals surface area contributed by atoms with Gasteiger partial charge in [0, 0.05) is 19.7 Å². The molecule has 5 nitrogen and oxygen atoms in total. The highest BCUT2D eigenvalue weighted by atomic mass is 16.5. The summed E-state index contributed by atoms with van der Waals surface area (Å²) in [6.07, 6.45) is 0.725. The fraction of sp³-hybridized carbons (Fsp3) is 0.533. The molecule has 1 unspecified atom stereocenters. The van der Waals surface area contributed by atoms with E-state index in [2.05, 4.69) is 5.32 Å². The number of nitrogens with two attached hydrogens (primary N) is 1. The Morgan fingerprint density at radius 2 is 2.20 bits per heavy atom. The lowest BCUT2D eigenvalue weighted by Crippen LogP contribution is -2.31. The third kappa shape index (κ3) is 5.59. The molecule has 20 heavy (non-hydrogen) atoms. The molecule has 0 aromatic heterocycles. The molecule has 0 radical (unpaired) electrons. The third-order valence-corrected chi connectivity index (χ3v) is 2.81. The van der Waals surface area contributed by atoms with Crippen LogP contribution in [-0.2, 0) is 16.0 Å². The molecule has 0 aliphatic rings. The summed E-state index contributed by atoms with van der Waals surface area (Å²) in [7, 11) is 1.59. The minimum atomic E-state index is -0.156. The molecule has 5 heteroatoms. The van der Waals surface area contributed by atoms with Crippen molar-refractivity contribution in [3.8, 4) is 5.75 Å². The quantitative estimate of drug-likeness (QED) is 0.697. The first-order valence-electron chi connectivity index (χ1n) is 6.77. The van der Waals surface area contributed by atoms with E-state index in [-0.39, 0.29) is 18.6 Å². The van der Waals surface area contributed by atoms with Gasteiger partial charge in [-0.05, 0) is 31.4 Å². The van der Waals surface area contributed by atoms with Gasteiger partial charge in [-0.15, -0.1) is 0 Å². The molecule has 1 rings (SSSR count). The van der Waals surface area contributed by atoms with Crippen LogP contribution >= 0.6 is 0 Å². The lowest BCUT2D eigenvalue weighted by molar-refractivity contribution is -0.123. The molecule has 0 bridgehead atoms.